The van der Waals surface area contributed by atoms with Crippen LogP contribution in [0.4, 0.5) is 10.5 Å². The van der Waals surface area contributed by atoms with Gasteiger partial charge in [0.15, 0.2) is 0 Å². The minimum Gasteiger partial charge on any atom is -0.334 e. The van der Waals surface area contributed by atoms with Gasteiger partial charge in [0.05, 0.1) is 0 Å². The zero-order valence-electron chi connectivity index (χ0n) is 11.1. The largest absolute Gasteiger partial charge is 0.334 e. The number of amides is 2. The summed E-state index contributed by atoms with van der Waals surface area (Å²) in [6.07, 6.45) is 3.44. The van der Waals surface area contributed by atoms with Crippen LogP contribution in [-0.4, -0.2) is 11.0 Å². The molecule has 1 aromatic heterocycles. The van der Waals surface area contributed by atoms with E-state index in [-0.39, 0.29) is 6.03 Å². The number of aryl methyl sites for hydroxylation is 2. The quantitative estimate of drug-likeness (QED) is 0.885. The zero-order valence-corrected chi connectivity index (χ0v) is 11.1. The highest BCUT2D eigenvalue weighted by Gasteiger charge is 2.04. The maximum Gasteiger partial charge on any atom is 0.319 e. The number of pyridine rings is 1. The first-order valence-electron chi connectivity index (χ1n) is 6.16. The van der Waals surface area contributed by atoms with Crippen molar-refractivity contribution < 1.29 is 4.79 Å². The topological polar surface area (TPSA) is 54.0 Å². The van der Waals surface area contributed by atoms with Crippen LogP contribution in [0.5, 0.6) is 0 Å². The van der Waals surface area contributed by atoms with Crippen molar-refractivity contribution >= 4 is 11.7 Å². The fourth-order valence-electron chi connectivity index (χ4n) is 1.81. The standard InChI is InChI=1S/C15H17N3O/c1-11-5-6-14(12(2)8-11)18-15(19)17-10-13-4-3-7-16-9-13/h3-9H,10H2,1-2H3,(H2,17,18,19). The van der Waals surface area contributed by atoms with Crippen LogP contribution in [0.1, 0.15) is 16.7 Å². The molecule has 1 aromatic carbocycles. The van der Waals surface area contributed by atoms with E-state index in [2.05, 4.69) is 15.6 Å². The molecule has 0 bridgehead atoms. The van der Waals surface area contributed by atoms with Crippen molar-refractivity contribution in [3.05, 3.63) is 59.4 Å². The normalized spacial score (nSPS) is 10.0. The van der Waals surface area contributed by atoms with Gasteiger partial charge in [-0.25, -0.2) is 4.79 Å². The minimum atomic E-state index is -0.212. The van der Waals surface area contributed by atoms with E-state index in [0.29, 0.717) is 6.54 Å². The Labute approximate surface area is 112 Å². The average Bonchev–Trinajstić information content (AvgIpc) is 2.41. The molecule has 0 unspecified atom stereocenters. The van der Waals surface area contributed by atoms with E-state index in [1.54, 1.807) is 12.4 Å². The van der Waals surface area contributed by atoms with E-state index < -0.39 is 0 Å². The van der Waals surface area contributed by atoms with E-state index in [9.17, 15) is 4.79 Å². The van der Waals surface area contributed by atoms with Gasteiger partial charge in [0.25, 0.3) is 0 Å². The fraction of sp³-hybridized carbons (Fsp3) is 0.200. The maximum atomic E-state index is 11.8. The number of hydrogen-bond acceptors (Lipinski definition) is 2. The van der Waals surface area contributed by atoms with Crippen LogP contribution in [0.2, 0.25) is 0 Å². The van der Waals surface area contributed by atoms with Crippen LogP contribution in [0.3, 0.4) is 0 Å². The van der Waals surface area contributed by atoms with Crippen molar-refractivity contribution in [2.24, 2.45) is 0 Å². The Kier molecular flexibility index (Phi) is 4.13. The lowest BCUT2D eigenvalue weighted by molar-refractivity contribution is 0.251. The van der Waals surface area contributed by atoms with Crippen LogP contribution in [-0.2, 0) is 6.54 Å². The monoisotopic (exact) mass is 255 g/mol. The van der Waals surface area contributed by atoms with Gasteiger partial charge in [0.1, 0.15) is 0 Å². The molecule has 98 valence electrons. The van der Waals surface area contributed by atoms with Gasteiger partial charge in [0, 0.05) is 24.6 Å². The summed E-state index contributed by atoms with van der Waals surface area (Å²) in [5.74, 6) is 0. The van der Waals surface area contributed by atoms with Crippen molar-refractivity contribution in [3.63, 3.8) is 0 Å². The first kappa shape index (κ1) is 13.1. The summed E-state index contributed by atoms with van der Waals surface area (Å²) in [5, 5.41) is 5.64. The zero-order chi connectivity index (χ0) is 13.7. The third-order valence-corrected chi connectivity index (χ3v) is 2.81. The Balaban J connectivity index is 1.91. The molecule has 19 heavy (non-hydrogen) atoms. The van der Waals surface area contributed by atoms with Crippen LogP contribution in [0, 0.1) is 13.8 Å². The second kappa shape index (κ2) is 6.00. The number of rotatable bonds is 3. The Morgan fingerprint density at radius 3 is 2.79 bits per heavy atom. The van der Waals surface area contributed by atoms with Crippen molar-refractivity contribution in [3.8, 4) is 0 Å². The molecular formula is C15H17N3O. The highest BCUT2D eigenvalue weighted by Crippen LogP contribution is 2.15. The first-order chi connectivity index (χ1) is 9.15. The molecule has 0 radical (unpaired) electrons. The van der Waals surface area contributed by atoms with Gasteiger partial charge in [-0.15, -0.1) is 0 Å². The molecule has 4 heteroatoms. The SMILES string of the molecule is Cc1ccc(NC(=O)NCc2cccnc2)c(C)c1. The van der Waals surface area contributed by atoms with E-state index in [4.69, 9.17) is 0 Å². The first-order valence-corrected chi connectivity index (χ1v) is 6.16. The molecule has 0 saturated heterocycles. The van der Waals surface area contributed by atoms with Crippen molar-refractivity contribution in [1.29, 1.82) is 0 Å². The molecule has 2 N–H and O–H groups in total. The highest BCUT2D eigenvalue weighted by atomic mass is 16.2. The van der Waals surface area contributed by atoms with Gasteiger partial charge in [0.2, 0.25) is 0 Å². The summed E-state index contributed by atoms with van der Waals surface area (Å²) in [7, 11) is 0. The van der Waals surface area contributed by atoms with Gasteiger partial charge < -0.3 is 10.6 Å². The number of benzene rings is 1. The summed E-state index contributed by atoms with van der Waals surface area (Å²) >= 11 is 0. The smallest absolute Gasteiger partial charge is 0.319 e. The number of anilines is 1. The third-order valence-electron chi connectivity index (χ3n) is 2.81. The number of nitrogens with one attached hydrogen (secondary N) is 2. The van der Waals surface area contributed by atoms with E-state index in [1.165, 1.54) is 5.56 Å². The predicted molar refractivity (Wildman–Crippen MR) is 76.0 cm³/mol. The number of carbonyl (C=O) groups excluding carboxylic acids is 1. The molecule has 0 aliphatic carbocycles. The van der Waals surface area contributed by atoms with Crippen LogP contribution >= 0.6 is 0 Å². The van der Waals surface area contributed by atoms with Gasteiger partial charge in [-0.1, -0.05) is 23.8 Å². The van der Waals surface area contributed by atoms with Gasteiger partial charge in [-0.2, -0.15) is 0 Å². The van der Waals surface area contributed by atoms with Crippen LogP contribution < -0.4 is 10.6 Å². The maximum absolute atomic E-state index is 11.8. The van der Waals surface area contributed by atoms with Crippen molar-refractivity contribution in [1.82, 2.24) is 10.3 Å². The second-order valence-electron chi connectivity index (χ2n) is 4.49. The van der Waals surface area contributed by atoms with E-state index in [0.717, 1.165) is 16.8 Å². The number of nitrogens with zero attached hydrogens (tertiary/aromatic N) is 1. The van der Waals surface area contributed by atoms with Gasteiger partial charge >= 0.3 is 6.03 Å². The molecule has 2 amide bonds. The number of aromatic nitrogens is 1. The van der Waals surface area contributed by atoms with E-state index >= 15 is 0 Å². The summed E-state index contributed by atoms with van der Waals surface area (Å²) < 4.78 is 0. The molecular weight excluding hydrogens is 238 g/mol. The van der Waals surface area contributed by atoms with Crippen LogP contribution in [0.25, 0.3) is 0 Å². The number of urea groups is 1. The summed E-state index contributed by atoms with van der Waals surface area (Å²) in [6.45, 7) is 4.47. The summed E-state index contributed by atoms with van der Waals surface area (Å²) in [6, 6.07) is 9.48. The molecule has 0 spiro atoms. The number of carbonyl (C=O) groups is 1. The molecule has 0 aliphatic rings. The average molecular weight is 255 g/mol. The molecule has 2 rings (SSSR count). The molecule has 0 aliphatic heterocycles. The van der Waals surface area contributed by atoms with Crippen LogP contribution in [0.15, 0.2) is 42.7 Å². The Morgan fingerprint density at radius 2 is 2.11 bits per heavy atom. The summed E-state index contributed by atoms with van der Waals surface area (Å²) in [5.41, 5.74) is 4.03. The van der Waals surface area contributed by atoms with Crippen molar-refractivity contribution in [2.75, 3.05) is 5.32 Å². The third kappa shape index (κ3) is 3.81. The Bertz CT molecular complexity index is 567. The number of hydrogen-bond donors (Lipinski definition) is 2. The van der Waals surface area contributed by atoms with Crippen molar-refractivity contribution in [2.45, 2.75) is 20.4 Å². The Hall–Kier alpha value is -2.36. The summed E-state index contributed by atoms with van der Waals surface area (Å²) in [4.78, 5) is 15.8. The highest BCUT2D eigenvalue weighted by molar-refractivity contribution is 5.90. The second-order valence-corrected chi connectivity index (χ2v) is 4.49. The van der Waals surface area contributed by atoms with E-state index in [1.807, 2.05) is 44.2 Å². The molecule has 0 atom stereocenters. The molecule has 2 aromatic rings. The predicted octanol–water partition coefficient (Wildman–Crippen LogP) is 3.02. The molecule has 1 heterocycles. The Morgan fingerprint density at radius 1 is 1.26 bits per heavy atom. The lowest BCUT2D eigenvalue weighted by Gasteiger charge is -2.10. The molecule has 4 nitrogen and oxygen atoms in total. The van der Waals surface area contributed by atoms with Gasteiger partial charge in [-0.3, -0.25) is 4.98 Å². The lowest BCUT2D eigenvalue weighted by Crippen LogP contribution is -2.28. The fourth-order valence-corrected chi connectivity index (χ4v) is 1.81. The lowest BCUT2D eigenvalue weighted by atomic mass is 10.1. The molecule has 0 fully saturated rings. The minimum absolute atomic E-state index is 0.212. The van der Waals surface area contributed by atoms with Gasteiger partial charge in [-0.05, 0) is 37.1 Å². The molecule has 0 saturated carbocycles.